The van der Waals surface area contributed by atoms with Crippen LogP contribution in [0, 0.1) is 13.8 Å². The molecule has 0 amide bonds. The van der Waals surface area contributed by atoms with Gasteiger partial charge in [-0.3, -0.25) is 9.88 Å². The van der Waals surface area contributed by atoms with E-state index in [0.29, 0.717) is 0 Å². The second-order valence-corrected chi connectivity index (χ2v) is 7.23. The number of aromatic nitrogens is 3. The molecular formula is C20H30N6. The molecular weight excluding hydrogens is 324 g/mol. The van der Waals surface area contributed by atoms with Gasteiger partial charge < -0.3 is 9.80 Å². The first-order chi connectivity index (χ1) is 12.5. The lowest BCUT2D eigenvalue weighted by Gasteiger charge is -2.36. The Hall–Kier alpha value is -2.21. The van der Waals surface area contributed by atoms with Gasteiger partial charge >= 0.3 is 0 Å². The highest BCUT2D eigenvalue weighted by Gasteiger charge is 2.21. The van der Waals surface area contributed by atoms with Crippen LogP contribution in [0.4, 0.5) is 11.8 Å². The molecule has 0 bridgehead atoms. The van der Waals surface area contributed by atoms with Gasteiger partial charge in [-0.25, -0.2) is 4.98 Å². The molecule has 3 rings (SSSR count). The highest BCUT2D eigenvalue weighted by Crippen LogP contribution is 2.23. The van der Waals surface area contributed by atoms with Crippen LogP contribution in [-0.2, 0) is 13.0 Å². The molecule has 140 valence electrons. The fourth-order valence-electron chi connectivity index (χ4n) is 3.21. The summed E-state index contributed by atoms with van der Waals surface area (Å²) >= 11 is 0. The first kappa shape index (κ1) is 18.6. The third-order valence-electron chi connectivity index (χ3n) is 5.10. The molecule has 1 aliphatic heterocycles. The van der Waals surface area contributed by atoms with E-state index in [4.69, 9.17) is 4.98 Å². The van der Waals surface area contributed by atoms with Crippen molar-refractivity contribution in [2.24, 2.45) is 0 Å². The van der Waals surface area contributed by atoms with Crippen molar-refractivity contribution in [3.8, 4) is 0 Å². The van der Waals surface area contributed by atoms with Gasteiger partial charge in [-0.1, -0.05) is 13.0 Å². The zero-order valence-corrected chi connectivity index (χ0v) is 16.7. The van der Waals surface area contributed by atoms with Crippen molar-refractivity contribution in [2.45, 2.75) is 33.7 Å². The maximum absolute atomic E-state index is 4.79. The van der Waals surface area contributed by atoms with Crippen molar-refractivity contribution in [1.82, 2.24) is 19.9 Å². The first-order valence-corrected chi connectivity index (χ1v) is 9.41. The maximum atomic E-state index is 4.79. The number of piperazine rings is 1. The van der Waals surface area contributed by atoms with E-state index in [0.717, 1.165) is 62.3 Å². The molecule has 0 N–H and O–H groups in total. The summed E-state index contributed by atoms with van der Waals surface area (Å²) in [4.78, 5) is 20.8. The molecule has 6 nitrogen and oxygen atoms in total. The van der Waals surface area contributed by atoms with Gasteiger partial charge in [0.05, 0.1) is 5.69 Å². The molecule has 26 heavy (non-hydrogen) atoms. The summed E-state index contributed by atoms with van der Waals surface area (Å²) in [6, 6.07) is 4.35. The fraction of sp³-hybridized carbons (Fsp3) is 0.550. The summed E-state index contributed by atoms with van der Waals surface area (Å²) in [5.74, 6) is 1.86. The summed E-state index contributed by atoms with van der Waals surface area (Å²) < 4.78 is 0. The SMILES string of the molecule is CCc1ccc(CN2CCN(c3nc(N(C)C)nc(C)c3C)CC2)nc1. The third-order valence-corrected chi connectivity index (χ3v) is 5.10. The molecule has 0 radical (unpaired) electrons. The van der Waals surface area contributed by atoms with Gasteiger partial charge in [0.15, 0.2) is 0 Å². The molecule has 0 unspecified atom stereocenters. The Morgan fingerprint density at radius 2 is 1.77 bits per heavy atom. The van der Waals surface area contributed by atoms with Crippen molar-refractivity contribution in [3.63, 3.8) is 0 Å². The van der Waals surface area contributed by atoms with Crippen LogP contribution in [0.2, 0.25) is 0 Å². The standard InChI is InChI=1S/C20H30N6/c1-6-17-7-8-18(21-13-17)14-25-9-11-26(12-10-25)19-15(2)16(3)22-20(23-19)24(4)5/h7-8,13H,6,9-12,14H2,1-5H3. The monoisotopic (exact) mass is 354 g/mol. The molecule has 1 fully saturated rings. The molecule has 2 aromatic heterocycles. The number of pyridine rings is 1. The predicted octanol–water partition coefficient (Wildman–Crippen LogP) is 2.44. The minimum Gasteiger partial charge on any atom is -0.354 e. The highest BCUT2D eigenvalue weighted by molar-refractivity contribution is 5.52. The van der Waals surface area contributed by atoms with E-state index in [9.17, 15) is 0 Å². The van der Waals surface area contributed by atoms with Gasteiger partial charge in [0.2, 0.25) is 5.95 Å². The van der Waals surface area contributed by atoms with Gasteiger partial charge in [0, 0.05) is 64.3 Å². The van der Waals surface area contributed by atoms with E-state index >= 15 is 0 Å². The van der Waals surface area contributed by atoms with Crippen LogP contribution in [0.15, 0.2) is 18.3 Å². The quantitative estimate of drug-likeness (QED) is 0.822. The summed E-state index contributed by atoms with van der Waals surface area (Å²) in [5, 5.41) is 0. The number of anilines is 2. The topological polar surface area (TPSA) is 48.4 Å². The van der Waals surface area contributed by atoms with Crippen LogP contribution in [0.1, 0.15) is 29.4 Å². The minimum atomic E-state index is 0.783. The number of nitrogens with zero attached hydrogens (tertiary/aromatic N) is 6. The molecule has 6 heteroatoms. The Morgan fingerprint density at radius 1 is 1.04 bits per heavy atom. The largest absolute Gasteiger partial charge is 0.354 e. The summed E-state index contributed by atoms with van der Waals surface area (Å²) in [6.45, 7) is 11.3. The second kappa shape index (κ2) is 7.99. The van der Waals surface area contributed by atoms with Gasteiger partial charge in [0.25, 0.3) is 0 Å². The number of rotatable bonds is 5. The summed E-state index contributed by atoms with van der Waals surface area (Å²) in [6.07, 6.45) is 3.04. The molecule has 0 aromatic carbocycles. The molecule has 0 atom stereocenters. The van der Waals surface area contributed by atoms with E-state index < -0.39 is 0 Å². The molecule has 2 aromatic rings. The Morgan fingerprint density at radius 3 is 2.35 bits per heavy atom. The number of hydrogen-bond acceptors (Lipinski definition) is 6. The molecule has 1 saturated heterocycles. The Kier molecular flexibility index (Phi) is 5.71. The summed E-state index contributed by atoms with van der Waals surface area (Å²) in [7, 11) is 3.98. The average molecular weight is 355 g/mol. The van der Waals surface area contributed by atoms with Crippen molar-refractivity contribution in [1.29, 1.82) is 0 Å². The lowest BCUT2D eigenvalue weighted by molar-refractivity contribution is 0.246. The molecule has 0 aliphatic carbocycles. The zero-order valence-electron chi connectivity index (χ0n) is 16.7. The first-order valence-electron chi connectivity index (χ1n) is 9.41. The lowest BCUT2D eigenvalue weighted by atomic mass is 10.2. The number of hydrogen-bond donors (Lipinski definition) is 0. The van der Waals surface area contributed by atoms with E-state index in [2.05, 4.69) is 52.7 Å². The van der Waals surface area contributed by atoms with Crippen LogP contribution in [-0.4, -0.2) is 60.1 Å². The Bertz CT molecular complexity index is 733. The van der Waals surface area contributed by atoms with Crippen molar-refractivity contribution in [3.05, 3.63) is 40.8 Å². The number of aryl methyl sites for hydroxylation is 2. The van der Waals surface area contributed by atoms with E-state index in [1.807, 2.05) is 25.2 Å². The summed E-state index contributed by atoms with van der Waals surface area (Å²) in [5.41, 5.74) is 4.69. The Balaban J connectivity index is 1.64. The highest BCUT2D eigenvalue weighted by atomic mass is 15.3. The van der Waals surface area contributed by atoms with Gasteiger partial charge in [-0.05, 0) is 31.9 Å². The van der Waals surface area contributed by atoms with Crippen LogP contribution in [0.3, 0.4) is 0 Å². The van der Waals surface area contributed by atoms with E-state index in [-0.39, 0.29) is 0 Å². The fourth-order valence-corrected chi connectivity index (χ4v) is 3.21. The minimum absolute atomic E-state index is 0.783. The van der Waals surface area contributed by atoms with Crippen LogP contribution >= 0.6 is 0 Å². The maximum Gasteiger partial charge on any atom is 0.227 e. The van der Waals surface area contributed by atoms with Gasteiger partial charge in [-0.2, -0.15) is 4.98 Å². The zero-order chi connectivity index (χ0) is 18.7. The lowest BCUT2D eigenvalue weighted by Crippen LogP contribution is -2.46. The average Bonchev–Trinajstić information content (AvgIpc) is 2.65. The van der Waals surface area contributed by atoms with E-state index in [1.165, 1.54) is 11.1 Å². The van der Waals surface area contributed by atoms with Crippen LogP contribution in [0.5, 0.6) is 0 Å². The third kappa shape index (κ3) is 4.12. The predicted molar refractivity (Wildman–Crippen MR) is 107 cm³/mol. The van der Waals surface area contributed by atoms with Crippen molar-refractivity contribution < 1.29 is 0 Å². The van der Waals surface area contributed by atoms with Crippen molar-refractivity contribution >= 4 is 11.8 Å². The normalized spacial score (nSPS) is 15.3. The Labute approximate surface area is 156 Å². The van der Waals surface area contributed by atoms with Crippen molar-refractivity contribution in [2.75, 3.05) is 50.1 Å². The van der Waals surface area contributed by atoms with E-state index in [1.54, 1.807) is 0 Å². The van der Waals surface area contributed by atoms with Crippen LogP contribution < -0.4 is 9.80 Å². The van der Waals surface area contributed by atoms with Crippen LogP contribution in [0.25, 0.3) is 0 Å². The molecule has 0 saturated carbocycles. The molecule has 3 heterocycles. The van der Waals surface area contributed by atoms with Gasteiger partial charge in [-0.15, -0.1) is 0 Å². The molecule has 1 aliphatic rings. The molecule has 0 spiro atoms. The van der Waals surface area contributed by atoms with Gasteiger partial charge in [0.1, 0.15) is 5.82 Å². The second-order valence-electron chi connectivity index (χ2n) is 7.23. The smallest absolute Gasteiger partial charge is 0.227 e.